The Hall–Kier alpha value is -19.0. The van der Waals surface area contributed by atoms with Crippen molar-refractivity contribution < 1.29 is 0 Å². The van der Waals surface area contributed by atoms with E-state index in [0.717, 1.165) is 45.5 Å². The second-order valence-electron chi connectivity index (χ2n) is 39.2. The van der Waals surface area contributed by atoms with E-state index in [0.29, 0.717) is 0 Å². The molecule has 2 spiro atoms. The molecule has 0 amide bonds. The largest absolute Gasteiger partial charge is 0.311 e. The molecule has 4 aliphatic carbocycles. The Balaban J connectivity index is 0.000000143. The lowest BCUT2D eigenvalue weighted by Gasteiger charge is -2.33. The Morgan fingerprint density at radius 2 is 0.322 bits per heavy atom. The summed E-state index contributed by atoms with van der Waals surface area (Å²) in [5.74, 6) is 0. The van der Waals surface area contributed by atoms with Crippen molar-refractivity contribution in [2.75, 3.05) is 9.80 Å². The van der Waals surface area contributed by atoms with Crippen LogP contribution in [0.4, 0.5) is 34.1 Å². The van der Waals surface area contributed by atoms with Crippen molar-refractivity contribution in [2.45, 2.75) is 10.8 Å². The van der Waals surface area contributed by atoms with Gasteiger partial charge in [-0.05, 0) is 311 Å². The third kappa shape index (κ3) is 13.2. The standard InChI is InChI=1S/C80H50N2.C62H42N2/c1-9-25-69-59(17-1)60-18-2-10-26-70(60)79(69)73-29-13-5-21-63(73)65-47-45-57(49-75(65)79)81(58-46-48-66-64-22-6-14-30-74(64)80(76(66)50-58)71-27-11-3-19-61(71)62-20-4-12-28-72(62)80)55-41-37-53(38-42-55)51-33-35-52(36-34-51)54-39-43-56(44-40-54)82-77-31-15-7-23-67(77)68-24-8-16-32-78(68)82;1-3-11-51-41-53(23-21-43(51)9-1)49-29-35-56(36-30-49)63(57-37-31-50(32-38-57)54-24-22-44-10-2-4-12-52(44)42-54)55-33-25-47(26-34-55)45-17-19-46(20-18-45)48-27-39-58(40-28-48)64-61-15-7-5-13-59(61)60-14-6-8-16-62(60)64/h1-50H;1-42H. The molecule has 0 N–H and O–H groups in total. The lowest BCUT2D eigenvalue weighted by molar-refractivity contribution is 0.792. The molecule has 0 saturated heterocycles. The number of hydrogen-bond acceptors (Lipinski definition) is 2. The number of rotatable bonds is 14. The summed E-state index contributed by atoms with van der Waals surface area (Å²) >= 11 is 0. The minimum absolute atomic E-state index is 0.480. The van der Waals surface area contributed by atoms with E-state index in [4.69, 9.17) is 0 Å². The maximum atomic E-state index is 2.52. The quantitative estimate of drug-likeness (QED) is 0.108. The van der Waals surface area contributed by atoms with Crippen LogP contribution in [0.1, 0.15) is 44.5 Å². The maximum absolute atomic E-state index is 2.52. The molecule has 0 aliphatic heterocycles. The van der Waals surface area contributed by atoms with Crippen LogP contribution in [0.15, 0.2) is 558 Å². The Bertz CT molecular complexity index is 9160. The van der Waals surface area contributed by atoms with E-state index < -0.39 is 10.8 Å². The summed E-state index contributed by atoms with van der Waals surface area (Å²) in [6.07, 6.45) is 0. The van der Waals surface area contributed by atoms with Crippen LogP contribution in [0.25, 0.3) is 188 Å². The first-order chi connectivity index (χ1) is 72.4. The number of para-hydroxylation sites is 4. The average molecular weight is 1850 g/mol. The van der Waals surface area contributed by atoms with Crippen LogP contribution in [-0.4, -0.2) is 9.13 Å². The molecule has 0 saturated carbocycles. The van der Waals surface area contributed by atoms with Crippen molar-refractivity contribution >= 4 is 99.3 Å². The smallest absolute Gasteiger partial charge is 0.0726 e. The Kier molecular flexibility index (Phi) is 19.5. The Morgan fingerprint density at radius 3 is 0.596 bits per heavy atom. The number of hydrogen-bond donors (Lipinski definition) is 0. The number of anilines is 6. The van der Waals surface area contributed by atoms with E-state index in [1.54, 1.807) is 0 Å². The fourth-order valence-electron chi connectivity index (χ4n) is 25.0. The van der Waals surface area contributed by atoms with Crippen LogP contribution in [0.5, 0.6) is 0 Å². The highest BCUT2D eigenvalue weighted by Crippen LogP contribution is 2.66. The molecule has 0 unspecified atom stereocenters. The molecule has 24 aromatic carbocycles. The third-order valence-electron chi connectivity index (χ3n) is 31.7. The summed E-state index contributed by atoms with van der Waals surface area (Å²) in [5, 5.41) is 10.1. The van der Waals surface area contributed by atoms with Crippen molar-refractivity contribution in [3.05, 3.63) is 603 Å². The minimum atomic E-state index is -0.480. The van der Waals surface area contributed by atoms with Crippen LogP contribution in [0.2, 0.25) is 0 Å². The van der Waals surface area contributed by atoms with Gasteiger partial charge in [0.2, 0.25) is 0 Å². The molecule has 4 aliphatic rings. The first-order valence-electron chi connectivity index (χ1n) is 50.6. The summed E-state index contributed by atoms with van der Waals surface area (Å²) in [4.78, 5) is 4.87. The van der Waals surface area contributed by atoms with E-state index in [-0.39, 0.29) is 0 Å². The van der Waals surface area contributed by atoms with Gasteiger partial charge in [0.1, 0.15) is 0 Å². The highest BCUT2D eigenvalue weighted by atomic mass is 15.1. The van der Waals surface area contributed by atoms with Gasteiger partial charge < -0.3 is 18.9 Å². The molecule has 4 nitrogen and oxygen atoms in total. The fraction of sp³-hybridized carbons (Fsp3) is 0.0141. The maximum Gasteiger partial charge on any atom is 0.0726 e. The lowest BCUT2D eigenvalue weighted by Crippen LogP contribution is -2.26. The number of fused-ring (bicyclic) bond motifs is 28. The van der Waals surface area contributed by atoms with Crippen LogP contribution in [0, 0.1) is 0 Å². The molecule has 0 atom stereocenters. The molecule has 0 radical (unpaired) electrons. The molecule has 4 heteroatoms. The average Bonchev–Trinajstić information content (AvgIpc) is 1.51. The van der Waals surface area contributed by atoms with Gasteiger partial charge in [-0.1, -0.05) is 425 Å². The van der Waals surface area contributed by atoms with Crippen LogP contribution < -0.4 is 9.80 Å². The zero-order valence-corrected chi connectivity index (χ0v) is 79.9. The van der Waals surface area contributed by atoms with Crippen LogP contribution in [-0.2, 0) is 10.8 Å². The molecule has 2 heterocycles. The summed E-state index contributed by atoms with van der Waals surface area (Å²) in [6.45, 7) is 0. The molecule has 680 valence electrons. The molecule has 30 rings (SSSR count). The van der Waals surface area contributed by atoms with Gasteiger partial charge in [0.05, 0.1) is 32.9 Å². The second-order valence-corrected chi connectivity index (χ2v) is 39.2. The summed E-state index contributed by atoms with van der Waals surface area (Å²) in [7, 11) is 0. The summed E-state index contributed by atoms with van der Waals surface area (Å²) < 4.78 is 4.74. The summed E-state index contributed by atoms with van der Waals surface area (Å²) in [6, 6.07) is 207. The van der Waals surface area contributed by atoms with Crippen molar-refractivity contribution in [3.63, 3.8) is 0 Å². The molecule has 146 heavy (non-hydrogen) atoms. The van der Waals surface area contributed by atoms with Crippen molar-refractivity contribution in [1.82, 2.24) is 9.13 Å². The van der Waals surface area contributed by atoms with Gasteiger partial charge in [-0.3, -0.25) is 0 Å². The SMILES string of the molecule is c1ccc2c(c1)-c1ccccc1C21c2ccccc2-c2ccc(N(c3ccc(-c4ccc(-c5ccc(-n6c7ccccc7c7ccccc76)cc5)cc4)cc3)c3ccc4c(c3)C3(c5ccccc5-c5ccccc53)c3ccccc3-4)cc21.c1ccc2cc(-c3ccc(N(c4ccc(-c5ccc(-c6ccc(-n7c8ccccc8c8ccccc87)cc6)cc5)cc4)c4ccc(-c5ccc6ccccc6c5)cc4)cc3)ccc2c1. The molecule has 0 fully saturated rings. The van der Waals surface area contributed by atoms with Gasteiger partial charge in [0, 0.05) is 67.0 Å². The van der Waals surface area contributed by atoms with Crippen molar-refractivity contribution in [1.29, 1.82) is 0 Å². The van der Waals surface area contributed by atoms with E-state index in [2.05, 4.69) is 577 Å². The Morgan fingerprint density at radius 1 is 0.130 bits per heavy atom. The first-order valence-corrected chi connectivity index (χ1v) is 50.6. The normalized spacial score (nSPS) is 12.8. The third-order valence-corrected chi connectivity index (χ3v) is 31.7. The lowest BCUT2D eigenvalue weighted by atomic mass is 9.70. The Labute approximate surface area is 848 Å². The summed E-state index contributed by atoms with van der Waals surface area (Å²) in [5.41, 5.74) is 48.2. The monoisotopic (exact) mass is 1850 g/mol. The van der Waals surface area contributed by atoms with Gasteiger partial charge in [-0.25, -0.2) is 0 Å². The van der Waals surface area contributed by atoms with E-state index in [1.807, 2.05) is 0 Å². The number of benzene rings is 24. The highest BCUT2D eigenvalue weighted by Gasteiger charge is 2.54. The number of aromatic nitrogens is 2. The van der Waals surface area contributed by atoms with E-state index in [1.165, 1.54) is 221 Å². The van der Waals surface area contributed by atoms with Gasteiger partial charge in [-0.2, -0.15) is 0 Å². The van der Waals surface area contributed by atoms with E-state index in [9.17, 15) is 0 Å². The van der Waals surface area contributed by atoms with Crippen molar-refractivity contribution in [3.8, 4) is 123 Å². The molecular formula is C142H92N4. The molecular weight excluding hydrogens is 1760 g/mol. The zero-order chi connectivity index (χ0) is 96.1. The van der Waals surface area contributed by atoms with Gasteiger partial charge in [0.15, 0.2) is 0 Å². The van der Waals surface area contributed by atoms with E-state index >= 15 is 0 Å². The fourth-order valence-corrected chi connectivity index (χ4v) is 25.0. The molecule has 0 bridgehead atoms. The highest BCUT2D eigenvalue weighted by molar-refractivity contribution is 6.11. The van der Waals surface area contributed by atoms with Gasteiger partial charge in [-0.15, -0.1) is 0 Å². The predicted octanol–water partition coefficient (Wildman–Crippen LogP) is 37.5. The predicted molar refractivity (Wildman–Crippen MR) is 611 cm³/mol. The topological polar surface area (TPSA) is 16.3 Å². The zero-order valence-electron chi connectivity index (χ0n) is 79.9. The second kappa shape index (κ2) is 33.9. The van der Waals surface area contributed by atoms with Crippen molar-refractivity contribution in [2.24, 2.45) is 0 Å². The number of nitrogens with zero attached hydrogens (tertiary/aromatic N) is 4. The molecule has 2 aromatic heterocycles. The minimum Gasteiger partial charge on any atom is -0.311 e. The molecule has 26 aromatic rings. The van der Waals surface area contributed by atoms with Gasteiger partial charge in [0.25, 0.3) is 0 Å². The first kappa shape index (κ1) is 83.9. The van der Waals surface area contributed by atoms with Crippen LogP contribution >= 0.6 is 0 Å². The van der Waals surface area contributed by atoms with Crippen LogP contribution in [0.3, 0.4) is 0 Å². The van der Waals surface area contributed by atoms with Gasteiger partial charge >= 0.3 is 0 Å².